The number of anilines is 1. The summed E-state index contributed by atoms with van der Waals surface area (Å²) < 4.78 is 17.0. The van der Waals surface area contributed by atoms with Crippen LogP contribution in [-0.2, 0) is 20.9 Å². The smallest absolute Gasteiger partial charge is 0.303 e. The Bertz CT molecular complexity index is 1190. The summed E-state index contributed by atoms with van der Waals surface area (Å²) in [6, 6.07) is 23.2. The molecule has 7 nitrogen and oxygen atoms in total. The summed E-state index contributed by atoms with van der Waals surface area (Å²) in [5.41, 5.74) is 2.69. The van der Waals surface area contributed by atoms with Crippen LogP contribution < -0.4 is 19.7 Å². The summed E-state index contributed by atoms with van der Waals surface area (Å²) in [6.07, 6.45) is -0.987. The molecule has 0 aliphatic carbocycles. The molecule has 1 aliphatic heterocycles. The topological polar surface area (TPSA) is 77.1 Å². The highest BCUT2D eigenvalue weighted by Gasteiger charge is 2.40. The summed E-state index contributed by atoms with van der Waals surface area (Å²) in [6.45, 7) is 2.78. The number of thioether (sulfide) groups is 1. The van der Waals surface area contributed by atoms with Crippen LogP contribution in [0.25, 0.3) is 0 Å². The van der Waals surface area contributed by atoms with Crippen LogP contribution in [0.2, 0.25) is 0 Å². The van der Waals surface area contributed by atoms with Crippen molar-refractivity contribution in [3.63, 3.8) is 0 Å². The van der Waals surface area contributed by atoms with Crippen molar-refractivity contribution in [2.75, 3.05) is 32.1 Å². The maximum Gasteiger partial charge on any atom is 0.303 e. The molecular formula is C28H31ClN2O5S. The Hall–Kier alpha value is -3.20. The van der Waals surface area contributed by atoms with Gasteiger partial charge in [0.2, 0.25) is 0 Å². The number of fused-ring (bicyclic) bond motifs is 1. The number of nitrogens with one attached hydrogen (secondary N) is 1. The molecule has 2 atom stereocenters. The largest absolute Gasteiger partial charge is 0.497 e. The molecule has 0 spiro atoms. The third kappa shape index (κ3) is 6.97. The average Bonchev–Trinajstić information content (AvgIpc) is 3.01. The van der Waals surface area contributed by atoms with Crippen molar-refractivity contribution in [1.82, 2.24) is 5.32 Å². The molecule has 1 N–H and O–H groups in total. The Balaban J connectivity index is 0.00000380. The molecule has 0 saturated heterocycles. The molecule has 1 heterocycles. The number of ether oxygens (including phenoxy) is 3. The number of benzene rings is 3. The van der Waals surface area contributed by atoms with Crippen molar-refractivity contribution in [1.29, 1.82) is 0 Å². The van der Waals surface area contributed by atoms with E-state index < -0.39 is 17.3 Å². The van der Waals surface area contributed by atoms with Crippen molar-refractivity contribution >= 4 is 41.7 Å². The summed E-state index contributed by atoms with van der Waals surface area (Å²) in [7, 11) is 3.44. The fraction of sp³-hybridized carbons (Fsp3) is 0.286. The van der Waals surface area contributed by atoms with Crippen molar-refractivity contribution < 1.29 is 23.8 Å². The van der Waals surface area contributed by atoms with E-state index in [2.05, 4.69) is 5.32 Å². The molecule has 0 radical (unpaired) electrons. The normalized spacial score (nSPS) is 16.7. The van der Waals surface area contributed by atoms with Gasteiger partial charge in [0, 0.05) is 24.9 Å². The second-order valence-electron chi connectivity index (χ2n) is 8.34. The minimum atomic E-state index is -0.987. The van der Waals surface area contributed by atoms with E-state index in [0.29, 0.717) is 31.2 Å². The lowest BCUT2D eigenvalue weighted by Gasteiger charge is -2.27. The van der Waals surface area contributed by atoms with Crippen molar-refractivity contribution in [2.45, 2.75) is 29.8 Å². The van der Waals surface area contributed by atoms with Crippen LogP contribution in [0.1, 0.15) is 23.3 Å². The third-order valence-corrected chi connectivity index (χ3v) is 7.19. The number of carbonyl (C=O) groups excluding carboxylic acids is 2. The van der Waals surface area contributed by atoms with Crippen LogP contribution in [0.3, 0.4) is 0 Å². The number of amides is 1. The molecule has 3 aromatic rings. The number of rotatable bonds is 9. The first-order chi connectivity index (χ1) is 17.5. The van der Waals surface area contributed by atoms with Crippen molar-refractivity contribution in [2.24, 2.45) is 0 Å². The van der Waals surface area contributed by atoms with E-state index in [1.165, 1.54) is 18.7 Å². The monoisotopic (exact) mass is 542 g/mol. The summed E-state index contributed by atoms with van der Waals surface area (Å²) in [4.78, 5) is 28.4. The van der Waals surface area contributed by atoms with Gasteiger partial charge in [-0.3, -0.25) is 9.59 Å². The van der Waals surface area contributed by atoms with E-state index >= 15 is 0 Å². The molecule has 9 heteroatoms. The number of esters is 1. The molecule has 0 bridgehead atoms. The zero-order chi connectivity index (χ0) is 25.5. The molecule has 0 aromatic heterocycles. The van der Waals surface area contributed by atoms with Crippen LogP contribution in [0.15, 0.2) is 77.7 Å². The van der Waals surface area contributed by atoms with Gasteiger partial charge < -0.3 is 24.4 Å². The summed E-state index contributed by atoms with van der Waals surface area (Å²) >= 11 is 1.49. The molecule has 0 unspecified atom stereocenters. The predicted molar refractivity (Wildman–Crippen MR) is 148 cm³/mol. The van der Waals surface area contributed by atoms with Gasteiger partial charge in [0.25, 0.3) is 5.91 Å². The minimum absolute atomic E-state index is 0. The van der Waals surface area contributed by atoms with Crippen LogP contribution in [0, 0.1) is 0 Å². The van der Waals surface area contributed by atoms with Gasteiger partial charge in [-0.2, -0.15) is 0 Å². The second kappa shape index (κ2) is 13.4. The molecule has 196 valence electrons. The number of halogens is 1. The van der Waals surface area contributed by atoms with E-state index in [-0.39, 0.29) is 18.3 Å². The number of likely N-dealkylation sites (N-methyl/N-ethyl adjacent to an activating group) is 1. The number of nitrogens with zero attached hydrogens (tertiary/aromatic N) is 1. The molecule has 0 fully saturated rings. The fourth-order valence-corrected chi connectivity index (χ4v) is 5.37. The number of hydrogen-bond donors (Lipinski definition) is 1. The first kappa shape index (κ1) is 28.4. The quantitative estimate of drug-likeness (QED) is 0.380. The van der Waals surface area contributed by atoms with Crippen LogP contribution >= 0.6 is 24.2 Å². The number of hydrogen-bond acceptors (Lipinski definition) is 7. The zero-order valence-corrected chi connectivity index (χ0v) is 22.6. The maximum absolute atomic E-state index is 13.8. The van der Waals surface area contributed by atoms with Gasteiger partial charge in [-0.25, -0.2) is 0 Å². The fourth-order valence-electron chi connectivity index (χ4n) is 4.02. The standard InChI is InChI=1S/C28H30N2O5S.ClH/c1-19(31)35-26-27(21-9-11-22(33-3)12-10-21)36-25-17-23(34-18-20-7-5-4-6-8-20)13-14-24(25)30(28(26)32)16-15-29-2;/h4-14,17,26-27,29H,15-16,18H2,1-3H3;1H/t26-,27+;/m0./s1. The Morgan fingerprint density at radius 1 is 1.03 bits per heavy atom. The molecular weight excluding hydrogens is 512 g/mol. The lowest BCUT2D eigenvalue weighted by atomic mass is 10.1. The van der Waals surface area contributed by atoms with E-state index in [1.807, 2.05) is 79.8 Å². The molecule has 0 saturated carbocycles. The molecule has 4 rings (SSSR count). The SMILES string of the molecule is CNCCN1C(=O)[C@@H](OC(C)=O)[C@@H](c2ccc(OC)cc2)Sc2cc(OCc3ccccc3)ccc21.Cl. The third-order valence-electron chi connectivity index (χ3n) is 5.83. The molecule has 3 aromatic carbocycles. The van der Waals surface area contributed by atoms with Gasteiger partial charge in [-0.1, -0.05) is 42.5 Å². The highest BCUT2D eigenvalue weighted by atomic mass is 35.5. The van der Waals surface area contributed by atoms with Gasteiger partial charge in [0.05, 0.1) is 18.0 Å². The lowest BCUT2D eigenvalue weighted by molar-refractivity contribution is -0.152. The van der Waals surface area contributed by atoms with Crippen LogP contribution in [-0.4, -0.2) is 45.2 Å². The van der Waals surface area contributed by atoms with Crippen LogP contribution in [0.4, 0.5) is 5.69 Å². The van der Waals surface area contributed by atoms with Gasteiger partial charge in [0.15, 0.2) is 6.10 Å². The highest BCUT2D eigenvalue weighted by molar-refractivity contribution is 7.99. The Kier molecular flexibility index (Phi) is 10.3. The van der Waals surface area contributed by atoms with Crippen molar-refractivity contribution in [3.05, 3.63) is 83.9 Å². The zero-order valence-electron chi connectivity index (χ0n) is 21.0. The first-order valence-electron chi connectivity index (χ1n) is 11.7. The van der Waals surface area contributed by atoms with Gasteiger partial charge in [-0.05, 0) is 48.5 Å². The van der Waals surface area contributed by atoms with Gasteiger partial charge in [0.1, 0.15) is 18.1 Å². The van der Waals surface area contributed by atoms with Crippen LogP contribution in [0.5, 0.6) is 11.5 Å². The lowest BCUT2D eigenvalue weighted by Crippen LogP contribution is -2.45. The molecule has 1 aliphatic rings. The van der Waals surface area contributed by atoms with E-state index in [1.54, 1.807) is 12.0 Å². The first-order valence-corrected chi connectivity index (χ1v) is 12.6. The van der Waals surface area contributed by atoms with Gasteiger partial charge >= 0.3 is 5.97 Å². The molecule has 37 heavy (non-hydrogen) atoms. The number of carbonyl (C=O) groups is 2. The maximum atomic E-state index is 13.8. The highest BCUT2D eigenvalue weighted by Crippen LogP contribution is 2.48. The van der Waals surface area contributed by atoms with E-state index in [0.717, 1.165) is 21.7 Å². The Morgan fingerprint density at radius 2 is 1.73 bits per heavy atom. The second-order valence-corrected chi connectivity index (χ2v) is 9.52. The summed E-state index contributed by atoms with van der Waals surface area (Å²) in [5, 5.41) is 2.65. The molecule has 1 amide bonds. The summed E-state index contributed by atoms with van der Waals surface area (Å²) in [5.74, 6) is 0.648. The van der Waals surface area contributed by atoms with Crippen molar-refractivity contribution in [3.8, 4) is 11.5 Å². The van der Waals surface area contributed by atoms with E-state index in [4.69, 9.17) is 14.2 Å². The average molecular weight is 543 g/mol. The van der Waals surface area contributed by atoms with E-state index in [9.17, 15) is 9.59 Å². The number of methoxy groups -OCH3 is 1. The Morgan fingerprint density at radius 3 is 2.38 bits per heavy atom. The van der Waals surface area contributed by atoms with Gasteiger partial charge in [-0.15, -0.1) is 24.2 Å². The minimum Gasteiger partial charge on any atom is -0.497 e. The predicted octanol–water partition coefficient (Wildman–Crippen LogP) is 5.03. The Labute approximate surface area is 227 Å².